The summed E-state index contributed by atoms with van der Waals surface area (Å²) in [5.41, 5.74) is 0. The molecule has 0 heterocycles. The van der Waals surface area contributed by atoms with Crippen LogP contribution in [0.1, 0.15) is 51.9 Å². The summed E-state index contributed by atoms with van der Waals surface area (Å²) in [6.07, 6.45) is 8.52. The van der Waals surface area contributed by atoms with Crippen LogP contribution in [0.5, 0.6) is 5.75 Å². The largest absolute Gasteiger partial charge is 0.295 e. The predicted octanol–water partition coefficient (Wildman–Crippen LogP) is 5.26. The Morgan fingerprint density at radius 2 is 1.67 bits per heavy atom. The van der Waals surface area contributed by atoms with Gasteiger partial charge in [-0.3, -0.25) is 9.78 Å². The van der Waals surface area contributed by atoms with Crippen molar-refractivity contribution in [3.8, 4) is 5.75 Å². The van der Waals surface area contributed by atoms with Gasteiger partial charge >= 0.3 is 0 Å². The second kappa shape index (κ2) is 9.58. The van der Waals surface area contributed by atoms with Crippen LogP contribution in [0.2, 0.25) is 0 Å². The Morgan fingerprint density at radius 1 is 1.00 bits per heavy atom. The highest BCUT2D eigenvalue weighted by Gasteiger charge is 1.99. The highest BCUT2D eigenvalue weighted by Crippen LogP contribution is 2.14. The van der Waals surface area contributed by atoms with Crippen molar-refractivity contribution in [1.82, 2.24) is 0 Å². The van der Waals surface area contributed by atoms with E-state index in [4.69, 9.17) is 9.78 Å². The lowest BCUT2D eigenvalue weighted by molar-refractivity contribution is -0.168. The number of hydrogen-bond acceptors (Lipinski definition) is 2. The number of hydrogen-bond donors (Lipinski definition) is 0. The van der Waals surface area contributed by atoms with Crippen molar-refractivity contribution in [2.75, 3.05) is 0 Å². The Balaban J connectivity index is 2.01. The molecule has 0 N–H and O–H groups in total. The van der Waals surface area contributed by atoms with Gasteiger partial charge in [-0.1, -0.05) is 63.8 Å². The van der Waals surface area contributed by atoms with Crippen LogP contribution in [-0.4, -0.2) is 0 Å². The molecule has 0 aliphatic carbocycles. The quantitative estimate of drug-likeness (QED) is 0.243. The van der Waals surface area contributed by atoms with Gasteiger partial charge in [0.15, 0.2) is 5.75 Å². The summed E-state index contributed by atoms with van der Waals surface area (Å²) in [6.45, 7) is 6.09. The Hall–Kier alpha value is -1.44. The van der Waals surface area contributed by atoms with Crippen LogP contribution in [0.4, 0.5) is 0 Å². The maximum Gasteiger partial charge on any atom is 0.178 e. The maximum atomic E-state index is 5.16. The van der Waals surface area contributed by atoms with Crippen LogP contribution < -0.4 is 4.89 Å². The summed E-state index contributed by atoms with van der Waals surface area (Å²) < 4.78 is 0. The van der Waals surface area contributed by atoms with Crippen molar-refractivity contribution in [3.05, 3.63) is 42.7 Å². The third-order valence-corrected chi connectivity index (χ3v) is 2.81. The number of allylic oxidation sites excluding steroid dienone is 1. The summed E-state index contributed by atoms with van der Waals surface area (Å²) in [7, 11) is 0. The molecule has 0 aromatic heterocycles. The van der Waals surface area contributed by atoms with Crippen LogP contribution in [0.3, 0.4) is 0 Å². The van der Waals surface area contributed by atoms with E-state index in [1.165, 1.54) is 32.1 Å². The standard InChI is InChI=1S/C16H24O2/c1-3-4-5-6-7-9-12-15(2)17-18-16-13-10-8-11-14-16/h8,10-11,13-14H,2-7,9,12H2,1H3. The zero-order valence-electron chi connectivity index (χ0n) is 11.4. The lowest BCUT2D eigenvalue weighted by atomic mass is 10.1. The van der Waals surface area contributed by atoms with E-state index < -0.39 is 0 Å². The summed E-state index contributed by atoms with van der Waals surface area (Å²) in [4.78, 5) is 10.3. The lowest BCUT2D eigenvalue weighted by Gasteiger charge is -2.07. The fourth-order valence-electron chi connectivity index (χ4n) is 1.73. The zero-order valence-corrected chi connectivity index (χ0v) is 11.4. The molecule has 0 saturated heterocycles. The molecule has 0 fully saturated rings. The van der Waals surface area contributed by atoms with Crippen molar-refractivity contribution < 1.29 is 9.78 Å². The predicted molar refractivity (Wildman–Crippen MR) is 75.3 cm³/mol. The molecule has 18 heavy (non-hydrogen) atoms. The minimum atomic E-state index is 0.703. The Labute approximate surface area is 111 Å². The molecule has 0 aliphatic heterocycles. The van der Waals surface area contributed by atoms with Crippen LogP contribution >= 0.6 is 0 Å². The molecule has 0 saturated carbocycles. The van der Waals surface area contributed by atoms with Crippen molar-refractivity contribution in [1.29, 1.82) is 0 Å². The molecule has 0 bridgehead atoms. The fourth-order valence-corrected chi connectivity index (χ4v) is 1.73. The summed E-state index contributed by atoms with van der Waals surface area (Å²) in [6, 6.07) is 9.48. The van der Waals surface area contributed by atoms with E-state index in [1.54, 1.807) is 0 Å². The Kier molecular flexibility index (Phi) is 7.78. The molecule has 100 valence electrons. The zero-order chi connectivity index (χ0) is 13.1. The van der Waals surface area contributed by atoms with E-state index in [9.17, 15) is 0 Å². The van der Waals surface area contributed by atoms with Gasteiger partial charge in [0.05, 0.1) is 0 Å². The molecule has 1 aromatic rings. The van der Waals surface area contributed by atoms with Gasteiger partial charge in [-0.25, -0.2) is 0 Å². The van der Waals surface area contributed by atoms with Gasteiger partial charge in [-0.15, -0.1) is 0 Å². The minimum absolute atomic E-state index is 0.703. The Morgan fingerprint density at radius 3 is 2.39 bits per heavy atom. The van der Waals surface area contributed by atoms with Gasteiger partial charge in [-0.05, 0) is 18.6 Å². The molecule has 0 amide bonds. The molecule has 0 aliphatic rings. The Bertz CT molecular complexity index is 319. The highest BCUT2D eigenvalue weighted by atomic mass is 17.2. The van der Waals surface area contributed by atoms with E-state index >= 15 is 0 Å². The minimum Gasteiger partial charge on any atom is -0.295 e. The molecule has 1 rings (SSSR count). The van der Waals surface area contributed by atoms with Gasteiger partial charge in [0.25, 0.3) is 0 Å². The van der Waals surface area contributed by atoms with E-state index in [1.807, 2.05) is 30.3 Å². The van der Waals surface area contributed by atoms with Crippen molar-refractivity contribution in [2.45, 2.75) is 51.9 Å². The summed E-state index contributed by atoms with van der Waals surface area (Å²) >= 11 is 0. The fraction of sp³-hybridized carbons (Fsp3) is 0.500. The third-order valence-electron chi connectivity index (χ3n) is 2.81. The molecule has 0 atom stereocenters. The average molecular weight is 248 g/mol. The average Bonchev–Trinajstić information content (AvgIpc) is 2.41. The molecular formula is C16H24O2. The van der Waals surface area contributed by atoms with E-state index in [0.29, 0.717) is 11.5 Å². The van der Waals surface area contributed by atoms with Crippen LogP contribution in [0.25, 0.3) is 0 Å². The SMILES string of the molecule is C=C(CCCCCCCC)OOc1ccccc1. The van der Waals surface area contributed by atoms with E-state index in [-0.39, 0.29) is 0 Å². The maximum absolute atomic E-state index is 5.16. The lowest BCUT2D eigenvalue weighted by Crippen LogP contribution is -1.96. The monoisotopic (exact) mass is 248 g/mol. The first-order chi connectivity index (χ1) is 8.83. The molecule has 2 nitrogen and oxygen atoms in total. The van der Waals surface area contributed by atoms with Gasteiger partial charge in [0.1, 0.15) is 5.76 Å². The first-order valence-corrected chi connectivity index (χ1v) is 6.90. The number of para-hydroxylation sites is 1. The van der Waals surface area contributed by atoms with Crippen molar-refractivity contribution in [2.24, 2.45) is 0 Å². The van der Waals surface area contributed by atoms with Gasteiger partial charge < -0.3 is 0 Å². The smallest absolute Gasteiger partial charge is 0.178 e. The second-order valence-electron chi connectivity index (χ2n) is 4.54. The number of benzene rings is 1. The first-order valence-electron chi connectivity index (χ1n) is 6.90. The molecular weight excluding hydrogens is 224 g/mol. The topological polar surface area (TPSA) is 18.5 Å². The third kappa shape index (κ3) is 7.00. The first kappa shape index (κ1) is 14.6. The summed E-state index contributed by atoms with van der Waals surface area (Å²) in [5.74, 6) is 1.41. The van der Waals surface area contributed by atoms with Gasteiger partial charge in [0.2, 0.25) is 0 Å². The normalized spacial score (nSPS) is 10.1. The number of rotatable bonds is 10. The second-order valence-corrected chi connectivity index (χ2v) is 4.54. The van der Waals surface area contributed by atoms with Gasteiger partial charge in [0, 0.05) is 6.42 Å². The van der Waals surface area contributed by atoms with Crippen molar-refractivity contribution in [3.63, 3.8) is 0 Å². The molecule has 0 radical (unpaired) electrons. The van der Waals surface area contributed by atoms with Crippen LogP contribution in [0, 0.1) is 0 Å². The highest BCUT2D eigenvalue weighted by molar-refractivity contribution is 5.20. The van der Waals surface area contributed by atoms with E-state index in [2.05, 4.69) is 13.5 Å². The summed E-state index contributed by atoms with van der Waals surface area (Å²) in [5, 5.41) is 0. The van der Waals surface area contributed by atoms with Crippen LogP contribution in [0.15, 0.2) is 42.7 Å². The molecule has 1 aromatic carbocycles. The number of unbranched alkanes of at least 4 members (excludes halogenated alkanes) is 5. The van der Waals surface area contributed by atoms with E-state index in [0.717, 1.165) is 12.8 Å². The van der Waals surface area contributed by atoms with Crippen molar-refractivity contribution >= 4 is 0 Å². The molecule has 0 spiro atoms. The van der Waals surface area contributed by atoms with Gasteiger partial charge in [-0.2, -0.15) is 0 Å². The molecule has 0 unspecified atom stereocenters. The van der Waals surface area contributed by atoms with Crippen LogP contribution in [-0.2, 0) is 4.89 Å². The molecule has 2 heteroatoms.